The number of non-ortho nitro benzene ring substituents is 1. The molecule has 4 rings (SSSR count). The number of aromatic amines is 1. The molecule has 2 aromatic carbocycles. The molecular formula is C21H21N3O4. The number of nitro groups is 1. The fourth-order valence-electron chi connectivity index (χ4n) is 3.78. The Balaban J connectivity index is 1.82. The van der Waals surface area contributed by atoms with Gasteiger partial charge >= 0.3 is 5.97 Å². The first kappa shape index (κ1) is 18.2. The van der Waals surface area contributed by atoms with E-state index in [0.29, 0.717) is 6.42 Å². The van der Waals surface area contributed by atoms with Crippen molar-refractivity contribution in [1.82, 2.24) is 10.3 Å². The monoisotopic (exact) mass is 379 g/mol. The Bertz CT molecular complexity index is 1060. The number of fused-ring (bicyclic) bond motifs is 3. The summed E-state index contributed by atoms with van der Waals surface area (Å²) in [5.41, 5.74) is 3.68. The Labute approximate surface area is 161 Å². The average Bonchev–Trinajstić information content (AvgIpc) is 3.05. The second kappa shape index (κ2) is 7.09. The minimum atomic E-state index is -0.529. The molecule has 1 aliphatic rings. The van der Waals surface area contributed by atoms with Crippen molar-refractivity contribution in [3.63, 3.8) is 0 Å². The molecule has 0 radical (unpaired) electrons. The van der Waals surface area contributed by atoms with Gasteiger partial charge in [0.05, 0.1) is 17.1 Å². The number of hydrogen-bond donors (Lipinski definition) is 2. The molecule has 2 heterocycles. The van der Waals surface area contributed by atoms with Gasteiger partial charge in [-0.05, 0) is 31.0 Å². The molecule has 0 bridgehead atoms. The van der Waals surface area contributed by atoms with E-state index < -0.39 is 11.0 Å². The standard InChI is InChI=1S/C21H21N3O4/c1-12(2)28-21(25)18-11-16-15-8-3-4-9-17(15)22-20(16)19(23-18)13-6-5-7-14(10-13)24(26)27/h3-10,12,18-19,22-23H,11H2,1-2H3/t18-,19-/m0/s1. The van der Waals surface area contributed by atoms with Crippen molar-refractivity contribution < 1.29 is 14.5 Å². The van der Waals surface area contributed by atoms with Crippen LogP contribution >= 0.6 is 0 Å². The fraction of sp³-hybridized carbons (Fsp3) is 0.286. The molecule has 1 aromatic heterocycles. The van der Waals surface area contributed by atoms with Crippen LogP contribution in [0.5, 0.6) is 0 Å². The van der Waals surface area contributed by atoms with E-state index in [1.54, 1.807) is 12.1 Å². The average molecular weight is 379 g/mol. The van der Waals surface area contributed by atoms with Gasteiger partial charge in [-0.15, -0.1) is 0 Å². The summed E-state index contributed by atoms with van der Waals surface area (Å²) in [5, 5.41) is 15.6. The van der Waals surface area contributed by atoms with Gasteiger partial charge in [-0.1, -0.05) is 30.3 Å². The number of benzene rings is 2. The Kier molecular flexibility index (Phi) is 4.60. The first-order valence-electron chi connectivity index (χ1n) is 9.24. The third-order valence-corrected chi connectivity index (χ3v) is 4.96. The normalized spacial score (nSPS) is 18.8. The molecule has 1 aliphatic heterocycles. The maximum absolute atomic E-state index is 12.6. The highest BCUT2D eigenvalue weighted by atomic mass is 16.6. The van der Waals surface area contributed by atoms with E-state index in [9.17, 15) is 14.9 Å². The maximum Gasteiger partial charge on any atom is 0.323 e. The molecule has 2 N–H and O–H groups in total. The van der Waals surface area contributed by atoms with E-state index in [0.717, 1.165) is 27.7 Å². The van der Waals surface area contributed by atoms with Crippen LogP contribution in [-0.2, 0) is 16.0 Å². The van der Waals surface area contributed by atoms with E-state index in [1.807, 2.05) is 44.2 Å². The first-order chi connectivity index (χ1) is 13.4. The number of nitro benzene ring substituents is 1. The molecule has 0 spiro atoms. The van der Waals surface area contributed by atoms with Gasteiger partial charge in [-0.25, -0.2) is 0 Å². The van der Waals surface area contributed by atoms with Crippen molar-refractivity contribution in [2.24, 2.45) is 0 Å². The number of ether oxygens (including phenoxy) is 1. The van der Waals surface area contributed by atoms with Gasteiger partial charge in [0.2, 0.25) is 0 Å². The zero-order valence-electron chi connectivity index (χ0n) is 15.6. The molecule has 28 heavy (non-hydrogen) atoms. The van der Waals surface area contributed by atoms with Gasteiger partial charge in [-0.2, -0.15) is 0 Å². The van der Waals surface area contributed by atoms with E-state index in [2.05, 4.69) is 10.3 Å². The van der Waals surface area contributed by atoms with Crippen LogP contribution in [0, 0.1) is 10.1 Å². The van der Waals surface area contributed by atoms with Crippen LogP contribution in [-0.4, -0.2) is 28.0 Å². The molecular weight excluding hydrogens is 358 g/mol. The summed E-state index contributed by atoms with van der Waals surface area (Å²) in [4.78, 5) is 26.9. The predicted molar refractivity (Wildman–Crippen MR) is 105 cm³/mol. The Morgan fingerprint density at radius 3 is 2.75 bits per heavy atom. The quantitative estimate of drug-likeness (QED) is 0.410. The number of carbonyl (C=O) groups is 1. The second-order valence-corrected chi connectivity index (χ2v) is 7.26. The molecule has 7 heteroatoms. The van der Waals surface area contributed by atoms with Crippen LogP contribution < -0.4 is 5.32 Å². The van der Waals surface area contributed by atoms with Crippen molar-refractivity contribution in [2.45, 2.75) is 38.5 Å². The van der Waals surface area contributed by atoms with Gasteiger partial charge in [0.25, 0.3) is 5.69 Å². The molecule has 0 saturated heterocycles. The van der Waals surface area contributed by atoms with Crippen LogP contribution in [0.4, 0.5) is 5.69 Å². The minimum absolute atomic E-state index is 0.0174. The highest BCUT2D eigenvalue weighted by Crippen LogP contribution is 2.36. The molecule has 0 fully saturated rings. The van der Waals surface area contributed by atoms with Crippen LogP contribution in [0.15, 0.2) is 48.5 Å². The first-order valence-corrected chi connectivity index (χ1v) is 9.24. The van der Waals surface area contributed by atoms with Crippen LogP contribution in [0.2, 0.25) is 0 Å². The van der Waals surface area contributed by atoms with E-state index >= 15 is 0 Å². The molecule has 144 valence electrons. The zero-order valence-corrected chi connectivity index (χ0v) is 15.6. The lowest BCUT2D eigenvalue weighted by molar-refractivity contribution is -0.384. The van der Waals surface area contributed by atoms with Crippen molar-refractivity contribution in [1.29, 1.82) is 0 Å². The lowest BCUT2D eigenvalue weighted by atomic mass is 9.90. The van der Waals surface area contributed by atoms with Crippen molar-refractivity contribution >= 4 is 22.6 Å². The third-order valence-electron chi connectivity index (χ3n) is 4.96. The summed E-state index contributed by atoms with van der Waals surface area (Å²) in [5.74, 6) is -0.318. The van der Waals surface area contributed by atoms with Gasteiger partial charge in [0.1, 0.15) is 6.04 Å². The fourth-order valence-corrected chi connectivity index (χ4v) is 3.78. The molecule has 2 atom stereocenters. The number of carbonyl (C=O) groups excluding carboxylic acids is 1. The predicted octanol–water partition coefficient (Wildman–Crippen LogP) is 3.63. The number of aromatic nitrogens is 1. The summed E-state index contributed by atoms with van der Waals surface area (Å²) in [7, 11) is 0. The van der Waals surface area contributed by atoms with E-state index in [-0.39, 0.29) is 23.8 Å². The summed E-state index contributed by atoms with van der Waals surface area (Å²) >= 11 is 0. The smallest absolute Gasteiger partial charge is 0.323 e. The van der Waals surface area contributed by atoms with Crippen molar-refractivity contribution in [2.75, 3.05) is 0 Å². The summed E-state index contributed by atoms with van der Waals surface area (Å²) in [6, 6.07) is 13.5. The number of nitrogens with one attached hydrogen (secondary N) is 2. The summed E-state index contributed by atoms with van der Waals surface area (Å²) in [6.45, 7) is 3.63. The number of nitrogens with zero attached hydrogens (tertiary/aromatic N) is 1. The third kappa shape index (κ3) is 3.25. The number of esters is 1. The number of para-hydroxylation sites is 1. The Morgan fingerprint density at radius 2 is 2.00 bits per heavy atom. The largest absolute Gasteiger partial charge is 0.462 e. The summed E-state index contributed by atoms with van der Waals surface area (Å²) in [6.07, 6.45) is 0.283. The number of hydrogen-bond acceptors (Lipinski definition) is 5. The van der Waals surface area contributed by atoms with Crippen LogP contribution in [0.1, 0.15) is 36.7 Å². The SMILES string of the molecule is CC(C)OC(=O)[C@@H]1Cc2c([nH]c3ccccc23)[C@H](c2cccc([N+](=O)[O-])c2)N1. The Morgan fingerprint density at radius 1 is 1.21 bits per heavy atom. The molecule has 0 amide bonds. The summed E-state index contributed by atoms with van der Waals surface area (Å²) < 4.78 is 5.42. The van der Waals surface area contributed by atoms with Gasteiger partial charge in [-0.3, -0.25) is 20.2 Å². The maximum atomic E-state index is 12.6. The number of rotatable bonds is 4. The molecule has 0 unspecified atom stereocenters. The van der Waals surface area contributed by atoms with Gasteiger partial charge in [0.15, 0.2) is 0 Å². The lowest BCUT2D eigenvalue weighted by Gasteiger charge is -2.31. The highest BCUT2D eigenvalue weighted by Gasteiger charge is 2.35. The Hall–Kier alpha value is -3.19. The van der Waals surface area contributed by atoms with E-state index in [4.69, 9.17) is 4.74 Å². The zero-order chi connectivity index (χ0) is 19.8. The number of H-pyrrole nitrogens is 1. The molecule has 3 aromatic rings. The van der Waals surface area contributed by atoms with Crippen LogP contribution in [0.3, 0.4) is 0 Å². The lowest BCUT2D eigenvalue weighted by Crippen LogP contribution is -2.46. The minimum Gasteiger partial charge on any atom is -0.462 e. The highest BCUT2D eigenvalue weighted by molar-refractivity contribution is 5.87. The molecule has 0 aliphatic carbocycles. The van der Waals surface area contributed by atoms with Gasteiger partial charge in [0, 0.05) is 35.2 Å². The van der Waals surface area contributed by atoms with E-state index in [1.165, 1.54) is 6.07 Å². The topological polar surface area (TPSA) is 97.3 Å². The second-order valence-electron chi connectivity index (χ2n) is 7.26. The van der Waals surface area contributed by atoms with Crippen LogP contribution in [0.25, 0.3) is 10.9 Å². The molecule has 7 nitrogen and oxygen atoms in total. The molecule has 0 saturated carbocycles. The van der Waals surface area contributed by atoms with Crippen molar-refractivity contribution in [3.05, 3.63) is 75.5 Å². The van der Waals surface area contributed by atoms with Gasteiger partial charge < -0.3 is 9.72 Å². The van der Waals surface area contributed by atoms with Crippen molar-refractivity contribution in [3.8, 4) is 0 Å².